The van der Waals surface area contributed by atoms with Crippen LogP contribution in [0.2, 0.25) is 0 Å². The number of hydrogen-bond donors (Lipinski definition) is 0. The van der Waals surface area contributed by atoms with Gasteiger partial charge in [0.2, 0.25) is 0 Å². The Kier molecular flexibility index (Phi) is 3.49. The molecule has 0 saturated carbocycles. The minimum absolute atomic E-state index is 0.259. The van der Waals surface area contributed by atoms with Gasteiger partial charge in [-0.3, -0.25) is 4.79 Å². The Hall–Kier alpha value is -1.63. The van der Waals surface area contributed by atoms with Crippen LogP contribution in [0.3, 0.4) is 0 Å². The van der Waals surface area contributed by atoms with Crippen molar-refractivity contribution < 1.29 is 18.0 Å². The number of rotatable bonds is 2. The summed E-state index contributed by atoms with van der Waals surface area (Å²) in [5.41, 5.74) is -0.108. The van der Waals surface area contributed by atoms with E-state index in [0.717, 1.165) is 10.7 Å². The predicted octanol–water partition coefficient (Wildman–Crippen LogP) is 3.77. The fourth-order valence-electron chi connectivity index (χ4n) is 1.67. The number of carbonyl (C=O) groups is 1. The maximum Gasteiger partial charge on any atom is 0.435 e. The average Bonchev–Trinajstić information content (AvgIpc) is 2.71. The molecule has 100 valence electrons. The molecule has 0 N–H and O–H groups in total. The van der Waals surface area contributed by atoms with Crippen molar-refractivity contribution >= 4 is 22.2 Å². The zero-order valence-electron chi connectivity index (χ0n) is 9.70. The minimum Gasteiger partial charge on any atom is -0.298 e. The van der Waals surface area contributed by atoms with Crippen molar-refractivity contribution in [1.82, 2.24) is 9.78 Å². The Morgan fingerprint density at radius 2 is 2.00 bits per heavy atom. The van der Waals surface area contributed by atoms with Gasteiger partial charge in [0.05, 0.1) is 5.69 Å². The molecule has 0 aliphatic carbocycles. The van der Waals surface area contributed by atoms with E-state index in [-0.39, 0.29) is 5.56 Å². The lowest BCUT2D eigenvalue weighted by atomic mass is 10.2. The number of hydrogen-bond acceptors (Lipinski definition) is 2. The van der Waals surface area contributed by atoms with Crippen LogP contribution in [0, 0.1) is 6.92 Å². The first-order valence-corrected chi connectivity index (χ1v) is 6.01. The molecule has 0 spiro atoms. The molecule has 1 aromatic carbocycles. The Bertz CT molecular complexity index is 634. The lowest BCUT2D eigenvalue weighted by molar-refractivity contribution is -0.141. The lowest BCUT2D eigenvalue weighted by Crippen LogP contribution is -2.08. The molecular formula is C12H8BrF3N2O. The molecule has 2 aromatic rings. The molecule has 0 fully saturated rings. The van der Waals surface area contributed by atoms with Crippen molar-refractivity contribution in [2.24, 2.45) is 0 Å². The quantitative estimate of drug-likeness (QED) is 0.784. The molecule has 0 atom stereocenters. The minimum atomic E-state index is -4.51. The third-order valence-electron chi connectivity index (χ3n) is 2.52. The smallest absolute Gasteiger partial charge is 0.298 e. The maximum atomic E-state index is 12.6. The molecule has 7 heteroatoms. The van der Waals surface area contributed by atoms with Gasteiger partial charge in [-0.05, 0) is 31.2 Å². The molecule has 2 rings (SSSR count). The predicted molar refractivity (Wildman–Crippen MR) is 66.4 cm³/mol. The summed E-state index contributed by atoms with van der Waals surface area (Å²) in [5, 5.41) is 3.51. The molecular weight excluding hydrogens is 325 g/mol. The molecule has 19 heavy (non-hydrogen) atoms. The average molecular weight is 333 g/mol. The third-order valence-corrected chi connectivity index (χ3v) is 3.02. The van der Waals surface area contributed by atoms with Gasteiger partial charge in [0, 0.05) is 15.7 Å². The molecule has 0 aliphatic rings. The first-order chi connectivity index (χ1) is 8.82. The van der Waals surface area contributed by atoms with E-state index >= 15 is 0 Å². The van der Waals surface area contributed by atoms with Crippen molar-refractivity contribution in [1.29, 1.82) is 0 Å². The summed E-state index contributed by atoms with van der Waals surface area (Å²) in [4.78, 5) is 11.0. The monoisotopic (exact) mass is 332 g/mol. The molecule has 0 radical (unpaired) electrons. The molecule has 0 bridgehead atoms. The Labute approximate surface area is 115 Å². The number of aldehydes is 1. The van der Waals surface area contributed by atoms with Crippen LogP contribution in [0.25, 0.3) is 5.69 Å². The number of aryl methyl sites for hydroxylation is 1. The SMILES string of the molecule is Cc1cc(C(F)(F)F)nn1-c1ccc(Br)cc1C=O. The van der Waals surface area contributed by atoms with E-state index in [2.05, 4.69) is 21.0 Å². The van der Waals surface area contributed by atoms with E-state index < -0.39 is 11.9 Å². The van der Waals surface area contributed by atoms with Crippen LogP contribution in [0.5, 0.6) is 0 Å². The number of halogens is 4. The van der Waals surface area contributed by atoms with Crippen molar-refractivity contribution in [3.63, 3.8) is 0 Å². The highest BCUT2D eigenvalue weighted by molar-refractivity contribution is 9.10. The second-order valence-corrected chi connectivity index (χ2v) is 4.82. The van der Waals surface area contributed by atoms with Crippen LogP contribution in [-0.2, 0) is 6.18 Å². The molecule has 0 amide bonds. The van der Waals surface area contributed by atoms with Crippen molar-refractivity contribution in [3.8, 4) is 5.69 Å². The highest BCUT2D eigenvalue weighted by Gasteiger charge is 2.34. The molecule has 0 unspecified atom stereocenters. The molecule has 1 heterocycles. The summed E-state index contributed by atoms with van der Waals surface area (Å²) < 4.78 is 39.5. The van der Waals surface area contributed by atoms with Gasteiger partial charge in [0.25, 0.3) is 0 Å². The van der Waals surface area contributed by atoms with E-state index in [9.17, 15) is 18.0 Å². The first kappa shape index (κ1) is 13.8. The number of alkyl halides is 3. The lowest BCUT2D eigenvalue weighted by Gasteiger charge is -2.07. The maximum absolute atomic E-state index is 12.6. The molecule has 3 nitrogen and oxygen atoms in total. The van der Waals surface area contributed by atoms with Crippen molar-refractivity contribution in [2.75, 3.05) is 0 Å². The number of nitrogens with zero attached hydrogens (tertiary/aromatic N) is 2. The van der Waals surface area contributed by atoms with Gasteiger partial charge >= 0.3 is 6.18 Å². The normalized spacial score (nSPS) is 11.6. The summed E-state index contributed by atoms with van der Waals surface area (Å²) >= 11 is 3.20. The van der Waals surface area contributed by atoms with Crippen molar-refractivity contribution in [2.45, 2.75) is 13.1 Å². The topological polar surface area (TPSA) is 34.9 Å². The Balaban J connectivity index is 2.60. The van der Waals surface area contributed by atoms with Crippen molar-refractivity contribution in [3.05, 3.63) is 45.7 Å². The fourth-order valence-corrected chi connectivity index (χ4v) is 2.05. The largest absolute Gasteiger partial charge is 0.435 e. The summed E-state index contributed by atoms with van der Waals surface area (Å²) in [6.07, 6.45) is -3.93. The van der Waals surface area contributed by atoms with Crippen LogP contribution in [-0.4, -0.2) is 16.1 Å². The number of carbonyl (C=O) groups excluding carboxylic acids is 1. The fraction of sp³-hybridized carbons (Fsp3) is 0.167. The highest BCUT2D eigenvalue weighted by Crippen LogP contribution is 2.30. The number of aromatic nitrogens is 2. The summed E-state index contributed by atoms with van der Waals surface area (Å²) in [6.45, 7) is 1.50. The zero-order valence-corrected chi connectivity index (χ0v) is 11.3. The van der Waals surface area contributed by atoms with E-state index in [4.69, 9.17) is 0 Å². The first-order valence-electron chi connectivity index (χ1n) is 5.22. The Morgan fingerprint density at radius 1 is 1.32 bits per heavy atom. The van der Waals surface area contributed by atoms with Gasteiger partial charge in [-0.15, -0.1) is 0 Å². The highest BCUT2D eigenvalue weighted by atomic mass is 79.9. The van der Waals surface area contributed by atoms with Crippen LogP contribution >= 0.6 is 15.9 Å². The van der Waals surface area contributed by atoms with Gasteiger partial charge in [-0.1, -0.05) is 15.9 Å². The van der Waals surface area contributed by atoms with Crippen LogP contribution in [0.4, 0.5) is 13.2 Å². The Morgan fingerprint density at radius 3 is 2.53 bits per heavy atom. The summed E-state index contributed by atoms with van der Waals surface area (Å²) in [7, 11) is 0. The molecule has 0 saturated heterocycles. The van der Waals surface area contributed by atoms with E-state index in [0.29, 0.717) is 22.1 Å². The van der Waals surface area contributed by atoms with Gasteiger partial charge in [-0.2, -0.15) is 18.3 Å². The van der Waals surface area contributed by atoms with Gasteiger partial charge in [0.15, 0.2) is 12.0 Å². The van der Waals surface area contributed by atoms with Gasteiger partial charge in [0.1, 0.15) is 0 Å². The molecule has 0 aliphatic heterocycles. The van der Waals surface area contributed by atoms with Gasteiger partial charge < -0.3 is 0 Å². The van der Waals surface area contributed by atoms with E-state index in [1.54, 1.807) is 6.07 Å². The van der Waals surface area contributed by atoms with E-state index in [1.807, 2.05) is 0 Å². The second-order valence-electron chi connectivity index (χ2n) is 3.90. The van der Waals surface area contributed by atoms with Gasteiger partial charge in [-0.25, -0.2) is 4.68 Å². The standard InChI is InChI=1S/C12H8BrF3N2O/c1-7-4-11(12(14,15)16)17-18(7)10-3-2-9(13)5-8(10)6-19/h2-6H,1H3. The van der Waals surface area contributed by atoms with E-state index in [1.165, 1.54) is 19.1 Å². The van der Waals surface area contributed by atoms with Crippen LogP contribution < -0.4 is 0 Å². The zero-order chi connectivity index (χ0) is 14.2. The third kappa shape index (κ3) is 2.70. The number of benzene rings is 1. The summed E-state index contributed by atoms with van der Waals surface area (Å²) in [6, 6.07) is 5.64. The summed E-state index contributed by atoms with van der Waals surface area (Å²) in [5.74, 6) is 0. The van der Waals surface area contributed by atoms with Crippen LogP contribution in [0.15, 0.2) is 28.7 Å². The van der Waals surface area contributed by atoms with Crippen LogP contribution in [0.1, 0.15) is 21.7 Å². The molecule has 1 aromatic heterocycles. The second kappa shape index (κ2) is 4.80.